The molecule has 14 heavy (non-hydrogen) atoms. The SMILES string of the molecule is CCN(CC)C(=O)CNCC(=O)OC. The second-order valence-electron chi connectivity index (χ2n) is 2.75. The van der Waals surface area contributed by atoms with E-state index >= 15 is 0 Å². The number of carbonyl (C=O) groups excluding carboxylic acids is 2. The molecule has 0 aliphatic heterocycles. The number of carbonyl (C=O) groups is 2. The fourth-order valence-corrected chi connectivity index (χ4v) is 1.03. The number of hydrogen-bond donors (Lipinski definition) is 1. The van der Waals surface area contributed by atoms with Crippen LogP contribution in [0.2, 0.25) is 0 Å². The van der Waals surface area contributed by atoms with Gasteiger partial charge < -0.3 is 9.64 Å². The highest BCUT2D eigenvalue weighted by Gasteiger charge is 2.09. The van der Waals surface area contributed by atoms with Crippen molar-refractivity contribution in [2.45, 2.75) is 13.8 Å². The van der Waals surface area contributed by atoms with Crippen molar-refractivity contribution < 1.29 is 14.3 Å². The first-order valence-corrected chi connectivity index (χ1v) is 4.71. The van der Waals surface area contributed by atoms with Gasteiger partial charge in [-0.15, -0.1) is 0 Å². The van der Waals surface area contributed by atoms with E-state index in [0.29, 0.717) is 13.1 Å². The zero-order chi connectivity index (χ0) is 11.0. The normalized spacial score (nSPS) is 9.64. The van der Waals surface area contributed by atoms with E-state index in [-0.39, 0.29) is 25.0 Å². The van der Waals surface area contributed by atoms with Crippen LogP contribution in [-0.2, 0) is 14.3 Å². The minimum absolute atomic E-state index is 0.00102. The lowest BCUT2D eigenvalue weighted by Gasteiger charge is -2.18. The number of hydrogen-bond acceptors (Lipinski definition) is 4. The number of nitrogens with zero attached hydrogens (tertiary/aromatic N) is 1. The molecule has 1 N–H and O–H groups in total. The van der Waals surface area contributed by atoms with Crippen molar-refractivity contribution in [1.29, 1.82) is 0 Å². The second-order valence-corrected chi connectivity index (χ2v) is 2.75. The van der Waals surface area contributed by atoms with Crippen molar-refractivity contribution in [2.75, 3.05) is 33.3 Å². The molecule has 0 aliphatic carbocycles. The van der Waals surface area contributed by atoms with Gasteiger partial charge in [0.15, 0.2) is 0 Å². The molecule has 0 aromatic carbocycles. The van der Waals surface area contributed by atoms with Gasteiger partial charge in [-0.3, -0.25) is 14.9 Å². The van der Waals surface area contributed by atoms with Crippen LogP contribution in [-0.4, -0.2) is 50.1 Å². The zero-order valence-electron chi connectivity index (χ0n) is 9.00. The number of rotatable bonds is 6. The van der Waals surface area contributed by atoms with Crippen LogP contribution < -0.4 is 5.32 Å². The summed E-state index contributed by atoms with van der Waals surface area (Å²) in [5.41, 5.74) is 0. The second kappa shape index (κ2) is 7.32. The Morgan fingerprint density at radius 1 is 1.21 bits per heavy atom. The van der Waals surface area contributed by atoms with Crippen molar-refractivity contribution in [3.63, 3.8) is 0 Å². The van der Waals surface area contributed by atoms with Crippen molar-refractivity contribution in [3.05, 3.63) is 0 Å². The molecule has 0 aromatic rings. The molecule has 0 bridgehead atoms. The summed E-state index contributed by atoms with van der Waals surface area (Å²) in [4.78, 5) is 23.8. The number of methoxy groups -OCH3 is 1. The van der Waals surface area contributed by atoms with Crippen molar-refractivity contribution >= 4 is 11.9 Å². The van der Waals surface area contributed by atoms with Crippen LogP contribution in [0.4, 0.5) is 0 Å². The smallest absolute Gasteiger partial charge is 0.319 e. The summed E-state index contributed by atoms with van der Waals surface area (Å²) in [7, 11) is 1.32. The third kappa shape index (κ3) is 4.81. The lowest BCUT2D eigenvalue weighted by Crippen LogP contribution is -2.39. The predicted octanol–water partition coefficient (Wildman–Crippen LogP) is -0.383. The van der Waals surface area contributed by atoms with Gasteiger partial charge in [0.25, 0.3) is 0 Å². The van der Waals surface area contributed by atoms with Gasteiger partial charge in [-0.2, -0.15) is 0 Å². The molecule has 0 atom stereocenters. The Morgan fingerprint density at radius 2 is 1.79 bits per heavy atom. The van der Waals surface area contributed by atoms with Crippen LogP contribution in [0.5, 0.6) is 0 Å². The Balaban J connectivity index is 3.67. The van der Waals surface area contributed by atoms with E-state index in [1.54, 1.807) is 4.90 Å². The van der Waals surface area contributed by atoms with Gasteiger partial charge in [-0.1, -0.05) is 0 Å². The van der Waals surface area contributed by atoms with E-state index in [4.69, 9.17) is 0 Å². The lowest BCUT2D eigenvalue weighted by molar-refractivity contribution is -0.139. The van der Waals surface area contributed by atoms with E-state index in [1.165, 1.54) is 7.11 Å². The first kappa shape index (κ1) is 12.9. The molecule has 0 aromatic heterocycles. The fraction of sp³-hybridized carbons (Fsp3) is 0.778. The lowest BCUT2D eigenvalue weighted by atomic mass is 10.4. The molecule has 1 amide bonds. The number of esters is 1. The maximum Gasteiger partial charge on any atom is 0.319 e. The van der Waals surface area contributed by atoms with Crippen LogP contribution >= 0.6 is 0 Å². The predicted molar refractivity (Wildman–Crippen MR) is 52.8 cm³/mol. The molecule has 0 radical (unpaired) electrons. The Kier molecular flexibility index (Phi) is 6.74. The minimum atomic E-state index is -0.364. The maximum atomic E-state index is 11.4. The molecule has 0 saturated heterocycles. The molecule has 0 rings (SSSR count). The molecule has 5 heteroatoms. The van der Waals surface area contributed by atoms with Crippen LogP contribution in [0.1, 0.15) is 13.8 Å². The quantitative estimate of drug-likeness (QED) is 0.596. The van der Waals surface area contributed by atoms with Crippen LogP contribution in [0.3, 0.4) is 0 Å². The van der Waals surface area contributed by atoms with Crippen LogP contribution in [0.15, 0.2) is 0 Å². The molecular formula is C9H18N2O3. The Bertz CT molecular complexity index is 190. The van der Waals surface area contributed by atoms with E-state index in [0.717, 1.165) is 0 Å². The molecule has 0 spiro atoms. The van der Waals surface area contributed by atoms with Crippen molar-refractivity contribution in [1.82, 2.24) is 10.2 Å². The summed E-state index contributed by atoms with van der Waals surface area (Å²) in [5, 5.41) is 2.72. The molecule has 5 nitrogen and oxygen atoms in total. The Morgan fingerprint density at radius 3 is 2.21 bits per heavy atom. The highest BCUT2D eigenvalue weighted by atomic mass is 16.5. The number of amides is 1. The third-order valence-electron chi connectivity index (χ3n) is 1.89. The molecule has 0 fully saturated rings. The Hall–Kier alpha value is -1.10. The summed E-state index contributed by atoms with van der Waals surface area (Å²) in [6.45, 7) is 5.47. The summed E-state index contributed by atoms with van der Waals surface area (Å²) in [6, 6.07) is 0. The maximum absolute atomic E-state index is 11.4. The van der Waals surface area contributed by atoms with Crippen molar-refractivity contribution in [2.24, 2.45) is 0 Å². The molecule has 0 saturated carbocycles. The molecule has 0 unspecified atom stereocenters. The van der Waals surface area contributed by atoms with Crippen LogP contribution in [0.25, 0.3) is 0 Å². The van der Waals surface area contributed by atoms with Gasteiger partial charge in [-0.05, 0) is 13.8 Å². The fourth-order valence-electron chi connectivity index (χ4n) is 1.03. The first-order chi connectivity index (χ1) is 6.65. The Labute approximate surface area is 84.4 Å². The third-order valence-corrected chi connectivity index (χ3v) is 1.89. The summed E-state index contributed by atoms with van der Waals surface area (Å²) < 4.78 is 4.42. The van der Waals surface area contributed by atoms with Crippen molar-refractivity contribution in [3.8, 4) is 0 Å². The van der Waals surface area contributed by atoms with E-state index in [1.807, 2.05) is 13.8 Å². The highest BCUT2D eigenvalue weighted by Crippen LogP contribution is 1.86. The van der Waals surface area contributed by atoms with Gasteiger partial charge in [-0.25, -0.2) is 0 Å². The van der Waals surface area contributed by atoms with E-state index in [2.05, 4.69) is 10.1 Å². The van der Waals surface area contributed by atoms with Gasteiger partial charge >= 0.3 is 5.97 Å². The first-order valence-electron chi connectivity index (χ1n) is 4.71. The van der Waals surface area contributed by atoms with Crippen LogP contribution in [0, 0.1) is 0 Å². The average molecular weight is 202 g/mol. The van der Waals surface area contributed by atoms with E-state index < -0.39 is 0 Å². The monoisotopic (exact) mass is 202 g/mol. The highest BCUT2D eigenvalue weighted by molar-refractivity contribution is 5.79. The molecular weight excluding hydrogens is 184 g/mol. The molecule has 0 heterocycles. The number of likely N-dealkylation sites (N-methyl/N-ethyl adjacent to an activating group) is 1. The van der Waals surface area contributed by atoms with Gasteiger partial charge in [0.2, 0.25) is 5.91 Å². The standard InChI is InChI=1S/C9H18N2O3/c1-4-11(5-2)8(12)6-10-7-9(13)14-3/h10H,4-7H2,1-3H3. The average Bonchev–Trinajstić information content (AvgIpc) is 2.19. The van der Waals surface area contributed by atoms with Gasteiger partial charge in [0, 0.05) is 13.1 Å². The largest absolute Gasteiger partial charge is 0.468 e. The van der Waals surface area contributed by atoms with Gasteiger partial charge in [0.05, 0.1) is 20.2 Å². The summed E-state index contributed by atoms with van der Waals surface area (Å²) in [6.07, 6.45) is 0. The minimum Gasteiger partial charge on any atom is -0.468 e. The number of nitrogens with one attached hydrogen (secondary N) is 1. The van der Waals surface area contributed by atoms with Gasteiger partial charge in [0.1, 0.15) is 0 Å². The topological polar surface area (TPSA) is 58.6 Å². The zero-order valence-corrected chi connectivity index (χ0v) is 9.00. The molecule has 82 valence electrons. The van der Waals surface area contributed by atoms with E-state index in [9.17, 15) is 9.59 Å². The number of ether oxygens (including phenoxy) is 1. The molecule has 0 aliphatic rings. The summed E-state index contributed by atoms with van der Waals surface area (Å²) >= 11 is 0. The summed E-state index contributed by atoms with van der Waals surface area (Å²) in [5.74, 6) is -0.365.